The summed E-state index contributed by atoms with van der Waals surface area (Å²) in [6.07, 6.45) is 1.60. The Bertz CT molecular complexity index is 1880. The lowest BCUT2D eigenvalue weighted by Gasteiger charge is -2.25. The molecular formula is C30H25ClN2O7S. The molecule has 1 aliphatic heterocycles. The molecule has 4 aromatic rings. The van der Waals surface area contributed by atoms with Crippen LogP contribution < -0.4 is 19.6 Å². The number of thiazole rings is 1. The second-order valence-corrected chi connectivity index (χ2v) is 10.4. The molecule has 0 fully saturated rings. The number of furan rings is 1. The summed E-state index contributed by atoms with van der Waals surface area (Å²) in [5, 5.41) is 0.419. The van der Waals surface area contributed by atoms with E-state index in [-0.39, 0.29) is 23.3 Å². The molecule has 0 bridgehead atoms. The first-order chi connectivity index (χ1) is 19.8. The number of benzene rings is 2. The van der Waals surface area contributed by atoms with Crippen LogP contribution in [0.1, 0.15) is 41.6 Å². The molecule has 2 aromatic heterocycles. The number of esters is 2. The van der Waals surface area contributed by atoms with Crippen LogP contribution in [0, 0.1) is 0 Å². The summed E-state index contributed by atoms with van der Waals surface area (Å²) in [5.74, 6) is 0.169. The Balaban J connectivity index is 1.65. The van der Waals surface area contributed by atoms with E-state index in [1.165, 1.54) is 18.8 Å². The molecule has 0 radical (unpaired) electrons. The van der Waals surface area contributed by atoms with Crippen LogP contribution in [-0.2, 0) is 14.3 Å². The van der Waals surface area contributed by atoms with Crippen molar-refractivity contribution in [2.75, 3.05) is 20.8 Å². The second kappa shape index (κ2) is 11.6. The van der Waals surface area contributed by atoms with Crippen LogP contribution in [0.15, 0.2) is 80.1 Å². The van der Waals surface area contributed by atoms with Gasteiger partial charge in [0.05, 0.1) is 42.2 Å². The summed E-state index contributed by atoms with van der Waals surface area (Å²) in [4.78, 5) is 44.3. The van der Waals surface area contributed by atoms with Crippen molar-refractivity contribution in [3.8, 4) is 17.1 Å². The first-order valence-corrected chi connectivity index (χ1v) is 13.8. The van der Waals surface area contributed by atoms with Gasteiger partial charge in [-0.25, -0.2) is 14.6 Å². The van der Waals surface area contributed by atoms with Gasteiger partial charge in [-0.05, 0) is 50.2 Å². The van der Waals surface area contributed by atoms with Crippen molar-refractivity contribution in [1.29, 1.82) is 0 Å². The average Bonchev–Trinajstić information content (AvgIpc) is 3.56. The molecule has 0 N–H and O–H groups in total. The van der Waals surface area contributed by atoms with E-state index in [0.717, 1.165) is 11.3 Å². The molecular weight excluding hydrogens is 568 g/mol. The fourth-order valence-electron chi connectivity index (χ4n) is 4.69. The maximum atomic E-state index is 13.9. The topological polar surface area (TPSA) is 109 Å². The first-order valence-electron chi connectivity index (χ1n) is 12.6. The molecule has 1 atom stereocenters. The smallest absolute Gasteiger partial charge is 0.338 e. The first kappa shape index (κ1) is 28.1. The van der Waals surface area contributed by atoms with Gasteiger partial charge in [-0.15, -0.1) is 0 Å². The Hall–Kier alpha value is -4.41. The van der Waals surface area contributed by atoms with E-state index in [1.54, 1.807) is 62.4 Å². The van der Waals surface area contributed by atoms with Gasteiger partial charge in [0.25, 0.3) is 5.56 Å². The number of hydrogen-bond donors (Lipinski definition) is 0. The Morgan fingerprint density at radius 1 is 1.12 bits per heavy atom. The highest BCUT2D eigenvalue weighted by molar-refractivity contribution is 7.07. The minimum Gasteiger partial charge on any atom is -0.496 e. The van der Waals surface area contributed by atoms with Gasteiger partial charge in [-0.2, -0.15) is 0 Å². The highest BCUT2D eigenvalue weighted by atomic mass is 35.5. The minimum absolute atomic E-state index is 0.170. The summed E-state index contributed by atoms with van der Waals surface area (Å²) < 4.78 is 23.6. The Kier molecular flexibility index (Phi) is 7.96. The number of aromatic nitrogens is 1. The predicted molar refractivity (Wildman–Crippen MR) is 154 cm³/mol. The molecule has 0 unspecified atom stereocenters. The lowest BCUT2D eigenvalue weighted by atomic mass is 9.95. The standard InChI is InChI=1S/C30H25ClN2O7S/c1-5-39-29(36)25-16(2)32-30-33(26(25)20-8-6-7-9-22(20)37-3)27(34)24(41-30)15-18-11-13-23(40-18)21-14-17(31)10-12-19(21)28(35)38-4/h6-15,26H,5H2,1-4H3/b24-15+/t26-/m0/s1. The molecule has 0 spiro atoms. The Morgan fingerprint density at radius 2 is 1.90 bits per heavy atom. The monoisotopic (exact) mass is 592 g/mol. The maximum Gasteiger partial charge on any atom is 0.338 e. The number of nitrogens with zero attached hydrogens (tertiary/aromatic N) is 2. The van der Waals surface area contributed by atoms with Crippen LogP contribution in [0.5, 0.6) is 5.75 Å². The SMILES string of the molecule is CCOC(=O)C1=C(C)N=c2s/c(=C/c3ccc(-c4cc(Cl)ccc4C(=O)OC)o3)c(=O)n2[C@H]1c1ccccc1OC. The van der Waals surface area contributed by atoms with Gasteiger partial charge in [0.15, 0.2) is 4.80 Å². The molecule has 0 saturated heterocycles. The molecule has 9 nitrogen and oxygen atoms in total. The molecule has 41 heavy (non-hydrogen) atoms. The molecule has 11 heteroatoms. The lowest BCUT2D eigenvalue weighted by molar-refractivity contribution is -0.139. The van der Waals surface area contributed by atoms with Gasteiger partial charge in [-0.3, -0.25) is 9.36 Å². The van der Waals surface area contributed by atoms with Crippen LogP contribution in [0.3, 0.4) is 0 Å². The van der Waals surface area contributed by atoms with Crippen molar-refractivity contribution >= 4 is 41.0 Å². The third-order valence-corrected chi connectivity index (χ3v) is 7.72. The van der Waals surface area contributed by atoms with Crippen molar-refractivity contribution in [2.24, 2.45) is 4.99 Å². The predicted octanol–water partition coefficient (Wildman–Crippen LogP) is 4.51. The van der Waals surface area contributed by atoms with E-state index in [9.17, 15) is 14.4 Å². The number of rotatable bonds is 7. The second-order valence-electron chi connectivity index (χ2n) is 8.93. The average molecular weight is 593 g/mol. The van der Waals surface area contributed by atoms with Crippen LogP contribution in [0.25, 0.3) is 17.4 Å². The number of allylic oxidation sites excluding steroid dienone is 1. The molecule has 0 aliphatic carbocycles. The van der Waals surface area contributed by atoms with Crippen LogP contribution in [0.4, 0.5) is 0 Å². The minimum atomic E-state index is -0.815. The van der Waals surface area contributed by atoms with Gasteiger partial charge < -0.3 is 18.6 Å². The summed E-state index contributed by atoms with van der Waals surface area (Å²) >= 11 is 7.35. The van der Waals surface area contributed by atoms with Gasteiger partial charge >= 0.3 is 11.9 Å². The maximum absolute atomic E-state index is 13.9. The normalized spacial score (nSPS) is 14.9. The van der Waals surface area contributed by atoms with Crippen molar-refractivity contribution in [3.63, 3.8) is 0 Å². The van der Waals surface area contributed by atoms with Crippen molar-refractivity contribution in [2.45, 2.75) is 19.9 Å². The Labute approximate surface area is 243 Å². The summed E-state index contributed by atoms with van der Waals surface area (Å²) in [5.41, 5.74) is 1.70. The van der Waals surface area contributed by atoms with Crippen molar-refractivity contribution in [3.05, 3.63) is 107 Å². The molecule has 5 rings (SSSR count). The van der Waals surface area contributed by atoms with E-state index in [0.29, 0.717) is 48.5 Å². The quantitative estimate of drug-likeness (QED) is 0.291. The van der Waals surface area contributed by atoms with Crippen LogP contribution >= 0.6 is 22.9 Å². The fourth-order valence-corrected chi connectivity index (χ4v) is 5.89. The van der Waals surface area contributed by atoms with Gasteiger partial charge in [0.1, 0.15) is 23.3 Å². The molecule has 3 heterocycles. The third-order valence-electron chi connectivity index (χ3n) is 6.50. The Morgan fingerprint density at radius 3 is 2.63 bits per heavy atom. The van der Waals surface area contributed by atoms with Crippen LogP contribution in [-0.4, -0.2) is 37.3 Å². The molecule has 1 aliphatic rings. The summed E-state index contributed by atoms with van der Waals surface area (Å²) in [6, 6.07) is 14.5. The summed E-state index contributed by atoms with van der Waals surface area (Å²) in [6.45, 7) is 3.61. The number of carbonyl (C=O) groups is 2. The van der Waals surface area contributed by atoms with Gasteiger partial charge in [0.2, 0.25) is 0 Å². The highest BCUT2D eigenvalue weighted by Gasteiger charge is 2.35. The zero-order valence-electron chi connectivity index (χ0n) is 22.6. The molecule has 0 amide bonds. The largest absolute Gasteiger partial charge is 0.496 e. The van der Waals surface area contributed by atoms with Crippen molar-refractivity contribution in [1.82, 2.24) is 4.57 Å². The zero-order chi connectivity index (χ0) is 29.3. The summed E-state index contributed by atoms with van der Waals surface area (Å²) in [7, 11) is 2.82. The van der Waals surface area contributed by atoms with E-state index in [2.05, 4.69) is 4.99 Å². The number of methoxy groups -OCH3 is 2. The highest BCUT2D eigenvalue weighted by Crippen LogP contribution is 2.36. The van der Waals surface area contributed by atoms with E-state index < -0.39 is 18.0 Å². The van der Waals surface area contributed by atoms with E-state index in [4.69, 9.17) is 30.2 Å². The van der Waals surface area contributed by atoms with Gasteiger partial charge in [-0.1, -0.05) is 41.1 Å². The number of carbonyl (C=O) groups excluding carboxylic acids is 2. The number of hydrogen-bond acceptors (Lipinski definition) is 9. The number of ether oxygens (including phenoxy) is 3. The van der Waals surface area contributed by atoms with Crippen molar-refractivity contribution < 1.29 is 28.2 Å². The van der Waals surface area contributed by atoms with Gasteiger partial charge in [0, 0.05) is 22.2 Å². The van der Waals surface area contributed by atoms with E-state index >= 15 is 0 Å². The van der Waals surface area contributed by atoms with Crippen LogP contribution in [0.2, 0.25) is 5.02 Å². The number of para-hydroxylation sites is 1. The van der Waals surface area contributed by atoms with E-state index in [1.807, 2.05) is 12.1 Å². The number of halogens is 1. The zero-order valence-corrected chi connectivity index (χ0v) is 24.2. The molecule has 210 valence electrons. The molecule has 2 aromatic carbocycles. The third kappa shape index (κ3) is 5.23. The molecule has 0 saturated carbocycles. The fraction of sp³-hybridized carbons (Fsp3) is 0.200. The lowest BCUT2D eigenvalue weighted by Crippen LogP contribution is -2.40. The number of fused-ring (bicyclic) bond motifs is 1.